The number of tetrazole rings is 1. The van der Waals surface area contributed by atoms with Crippen LogP contribution in [0, 0.1) is 0 Å². The highest BCUT2D eigenvalue weighted by Gasteiger charge is 2.57. The van der Waals surface area contributed by atoms with E-state index in [0.717, 1.165) is 111 Å². The van der Waals surface area contributed by atoms with E-state index in [4.69, 9.17) is 9.98 Å². The maximum Gasteiger partial charge on any atom is 0.257 e. The van der Waals surface area contributed by atoms with E-state index < -0.39 is 17.2 Å². The standard InChI is InChI=1S/C36H44N8O2/c1-3-5-15-29-37-35(21-9-10-22-35)33(45)43(29)32(44-30(16-6-4-2)38-36(34(44)46)23-11-12-24-36)26-19-17-25(18-20-26)27-13-7-8-14-28(27)31-39-41-42-40-31/h7-8,13-14,17-20,32H,3-6,9-12,15-16,21-24H2,1-2H3,(H,39,40,41,42). The molecule has 2 fully saturated rings. The minimum Gasteiger partial charge on any atom is -0.272 e. The van der Waals surface area contributed by atoms with Crippen LogP contribution < -0.4 is 0 Å². The van der Waals surface area contributed by atoms with Crippen molar-refractivity contribution in [1.82, 2.24) is 30.4 Å². The summed E-state index contributed by atoms with van der Waals surface area (Å²) in [6.07, 6.45) is 11.7. The average Bonchev–Trinajstić information content (AvgIpc) is 3.93. The van der Waals surface area contributed by atoms with E-state index in [9.17, 15) is 9.59 Å². The number of aromatic nitrogens is 4. The second-order valence-corrected chi connectivity index (χ2v) is 13.4. The molecule has 2 saturated carbocycles. The minimum absolute atomic E-state index is 0.0448. The van der Waals surface area contributed by atoms with E-state index in [1.54, 1.807) is 0 Å². The number of unbranched alkanes of at least 4 members (excludes halogenated alkanes) is 2. The molecule has 2 aliphatic carbocycles. The largest absolute Gasteiger partial charge is 0.272 e. The van der Waals surface area contributed by atoms with Crippen LogP contribution in [-0.4, -0.2) is 65.0 Å². The molecular weight excluding hydrogens is 576 g/mol. The number of amidine groups is 2. The van der Waals surface area contributed by atoms with Crippen molar-refractivity contribution in [3.63, 3.8) is 0 Å². The van der Waals surface area contributed by atoms with Gasteiger partial charge in [-0.1, -0.05) is 101 Å². The Kier molecular flexibility index (Phi) is 8.29. The van der Waals surface area contributed by atoms with Crippen molar-refractivity contribution in [2.24, 2.45) is 9.98 Å². The summed E-state index contributed by atoms with van der Waals surface area (Å²) < 4.78 is 0. The third-order valence-electron chi connectivity index (χ3n) is 10.4. The Hall–Kier alpha value is -4.21. The number of nitrogens with zero attached hydrogens (tertiary/aromatic N) is 7. The molecule has 1 N–H and O–H groups in total. The third kappa shape index (κ3) is 5.15. The van der Waals surface area contributed by atoms with Gasteiger partial charge < -0.3 is 0 Å². The van der Waals surface area contributed by atoms with Crippen LogP contribution in [-0.2, 0) is 9.59 Å². The lowest BCUT2D eigenvalue weighted by atomic mass is 9.94. The van der Waals surface area contributed by atoms with E-state index in [1.165, 1.54) is 0 Å². The van der Waals surface area contributed by atoms with E-state index >= 15 is 0 Å². The molecule has 7 rings (SSSR count). The summed E-state index contributed by atoms with van der Waals surface area (Å²) in [5, 5.41) is 14.6. The Bertz CT molecular complexity index is 1570. The van der Waals surface area contributed by atoms with Crippen LogP contribution in [0.1, 0.15) is 115 Å². The van der Waals surface area contributed by atoms with E-state index in [2.05, 4.69) is 64.8 Å². The number of hydrogen-bond acceptors (Lipinski definition) is 7. The molecule has 0 saturated heterocycles. The summed E-state index contributed by atoms with van der Waals surface area (Å²) in [6, 6.07) is 16.3. The van der Waals surface area contributed by atoms with Gasteiger partial charge >= 0.3 is 0 Å². The molecule has 1 aromatic heterocycles. The maximum atomic E-state index is 14.7. The second kappa shape index (κ2) is 12.5. The molecule has 240 valence electrons. The molecule has 4 aliphatic rings. The molecule has 0 atom stereocenters. The van der Waals surface area contributed by atoms with E-state index in [0.29, 0.717) is 18.7 Å². The molecule has 3 heterocycles. The van der Waals surface area contributed by atoms with Gasteiger partial charge in [0.2, 0.25) is 0 Å². The summed E-state index contributed by atoms with van der Waals surface area (Å²) in [4.78, 5) is 43.7. The van der Waals surface area contributed by atoms with Gasteiger partial charge in [0.1, 0.15) is 28.9 Å². The van der Waals surface area contributed by atoms with Crippen molar-refractivity contribution in [1.29, 1.82) is 0 Å². The fraction of sp³-hybridized carbons (Fsp3) is 0.528. The zero-order valence-corrected chi connectivity index (χ0v) is 27.0. The Balaban J connectivity index is 1.34. The molecule has 10 nitrogen and oxygen atoms in total. The summed E-state index contributed by atoms with van der Waals surface area (Å²) >= 11 is 0. The topological polar surface area (TPSA) is 120 Å². The van der Waals surface area contributed by atoms with E-state index in [-0.39, 0.29) is 11.8 Å². The Labute approximate surface area is 270 Å². The summed E-state index contributed by atoms with van der Waals surface area (Å²) in [7, 11) is 0. The average molecular weight is 621 g/mol. The molecule has 10 heteroatoms. The predicted octanol–water partition coefficient (Wildman–Crippen LogP) is 7.02. The first kappa shape index (κ1) is 30.4. The lowest BCUT2D eigenvalue weighted by Crippen LogP contribution is -2.53. The Morgan fingerprint density at radius 3 is 1.74 bits per heavy atom. The number of carbonyl (C=O) groups excluding carboxylic acids is 2. The number of hydrogen-bond donors (Lipinski definition) is 1. The van der Waals surface area contributed by atoms with Gasteiger partial charge in [-0.25, -0.2) is 5.10 Å². The lowest BCUT2D eigenvalue weighted by molar-refractivity contribution is -0.140. The van der Waals surface area contributed by atoms with Crippen molar-refractivity contribution in [3.8, 4) is 22.5 Å². The molecule has 0 radical (unpaired) electrons. The third-order valence-corrected chi connectivity index (χ3v) is 10.4. The van der Waals surface area contributed by atoms with Crippen LogP contribution in [0.3, 0.4) is 0 Å². The highest BCUT2D eigenvalue weighted by atomic mass is 16.2. The molecule has 46 heavy (non-hydrogen) atoms. The van der Waals surface area contributed by atoms with Crippen LogP contribution in [0.15, 0.2) is 58.5 Å². The van der Waals surface area contributed by atoms with Gasteiger partial charge in [-0.2, -0.15) is 0 Å². The number of benzene rings is 2. The molecule has 2 aromatic carbocycles. The molecule has 2 amide bonds. The normalized spacial score (nSPS) is 20.2. The number of rotatable bonds is 11. The van der Waals surface area contributed by atoms with Crippen LogP contribution in [0.4, 0.5) is 0 Å². The first-order chi connectivity index (χ1) is 22.5. The minimum atomic E-state index is -0.708. The summed E-state index contributed by atoms with van der Waals surface area (Å²) in [6.45, 7) is 4.33. The monoisotopic (exact) mass is 620 g/mol. The number of amides is 2. The SMILES string of the molecule is CCCCC1=NC2(CCCC2)C(=O)N1C(c1ccc(-c2ccccc2-c2nnn[nH]2)cc1)N1C(=O)C2(CCCC2)N=C1CCCC. The molecule has 2 aliphatic heterocycles. The Morgan fingerprint density at radius 2 is 1.26 bits per heavy atom. The van der Waals surface area contributed by atoms with Gasteiger partial charge in [0.15, 0.2) is 5.82 Å². The molecule has 3 aromatic rings. The first-order valence-electron chi connectivity index (χ1n) is 17.3. The van der Waals surface area contributed by atoms with Gasteiger partial charge in [0, 0.05) is 18.4 Å². The van der Waals surface area contributed by atoms with Crippen LogP contribution >= 0.6 is 0 Å². The lowest BCUT2D eigenvalue weighted by Gasteiger charge is -2.38. The zero-order valence-electron chi connectivity index (χ0n) is 27.0. The van der Waals surface area contributed by atoms with Crippen molar-refractivity contribution >= 4 is 23.5 Å². The number of carbonyl (C=O) groups is 2. The van der Waals surface area contributed by atoms with Crippen molar-refractivity contribution in [2.45, 2.75) is 121 Å². The van der Waals surface area contributed by atoms with Gasteiger partial charge in [-0.05, 0) is 65.6 Å². The number of nitrogens with one attached hydrogen (secondary N) is 1. The van der Waals surface area contributed by atoms with Crippen molar-refractivity contribution < 1.29 is 9.59 Å². The number of H-pyrrole nitrogens is 1. The predicted molar refractivity (Wildman–Crippen MR) is 178 cm³/mol. The van der Waals surface area contributed by atoms with Gasteiger partial charge in [0.05, 0.1) is 0 Å². The first-order valence-corrected chi connectivity index (χ1v) is 17.3. The van der Waals surface area contributed by atoms with Crippen LogP contribution in [0.2, 0.25) is 0 Å². The quantitative estimate of drug-likeness (QED) is 0.247. The molecule has 0 bridgehead atoms. The summed E-state index contributed by atoms with van der Waals surface area (Å²) in [5.41, 5.74) is 2.36. The van der Waals surface area contributed by atoms with E-state index in [1.807, 2.05) is 28.0 Å². The maximum absolute atomic E-state index is 14.7. The van der Waals surface area contributed by atoms with Crippen LogP contribution in [0.25, 0.3) is 22.5 Å². The highest BCUT2D eigenvalue weighted by molar-refractivity contribution is 6.12. The van der Waals surface area contributed by atoms with Gasteiger partial charge in [-0.15, -0.1) is 5.10 Å². The summed E-state index contributed by atoms with van der Waals surface area (Å²) in [5.74, 6) is 2.33. The fourth-order valence-electron chi connectivity index (χ4n) is 7.94. The van der Waals surface area contributed by atoms with Gasteiger partial charge in [0.25, 0.3) is 11.8 Å². The Morgan fingerprint density at radius 1 is 0.739 bits per heavy atom. The zero-order chi connectivity index (χ0) is 31.7. The molecular formula is C36H44N8O2. The second-order valence-electron chi connectivity index (χ2n) is 13.4. The molecule has 0 unspecified atom stereocenters. The van der Waals surface area contributed by atoms with Crippen molar-refractivity contribution in [2.75, 3.05) is 0 Å². The molecule has 2 spiro atoms. The number of aliphatic imine (C=N–C) groups is 2. The highest BCUT2D eigenvalue weighted by Crippen LogP contribution is 2.47. The fourth-order valence-corrected chi connectivity index (χ4v) is 7.94. The van der Waals surface area contributed by atoms with Crippen LogP contribution in [0.5, 0.6) is 0 Å². The number of aromatic amines is 1. The van der Waals surface area contributed by atoms with Gasteiger partial charge in [-0.3, -0.25) is 29.4 Å². The smallest absolute Gasteiger partial charge is 0.257 e. The van der Waals surface area contributed by atoms with Crippen molar-refractivity contribution in [3.05, 3.63) is 54.1 Å².